The predicted molar refractivity (Wildman–Crippen MR) is 114 cm³/mol. The van der Waals surface area contributed by atoms with Gasteiger partial charge in [0.15, 0.2) is 11.5 Å². The quantitative estimate of drug-likeness (QED) is 0.467. The number of carbonyl (C=O) groups is 1. The van der Waals surface area contributed by atoms with Gasteiger partial charge in [0, 0.05) is 12.1 Å². The maximum absolute atomic E-state index is 14.0. The van der Waals surface area contributed by atoms with Gasteiger partial charge in [-0.2, -0.15) is 0 Å². The van der Waals surface area contributed by atoms with Crippen LogP contribution in [0.2, 0.25) is 5.02 Å². The first kappa shape index (κ1) is 23.4. The third kappa shape index (κ3) is 6.59. The molecule has 2 aromatic rings. The van der Waals surface area contributed by atoms with Crippen LogP contribution in [0.4, 0.5) is 4.39 Å². The summed E-state index contributed by atoms with van der Waals surface area (Å²) in [5, 5.41) is 12.7. The van der Waals surface area contributed by atoms with E-state index in [0.717, 1.165) is 5.56 Å². The van der Waals surface area contributed by atoms with Crippen molar-refractivity contribution in [2.75, 3.05) is 7.11 Å². The second-order valence-electron chi connectivity index (χ2n) is 7.00. The molecule has 2 aromatic carbocycles. The molecule has 158 valence electrons. The van der Waals surface area contributed by atoms with Gasteiger partial charge < -0.3 is 19.9 Å². The number of ether oxygens (including phenoxy) is 2. The highest BCUT2D eigenvalue weighted by Gasteiger charge is 2.19. The maximum atomic E-state index is 14.0. The fourth-order valence-corrected chi connectivity index (χ4v) is 3.64. The summed E-state index contributed by atoms with van der Waals surface area (Å²) >= 11 is 9.50. The van der Waals surface area contributed by atoms with Crippen molar-refractivity contribution in [3.63, 3.8) is 0 Å². The highest BCUT2D eigenvalue weighted by Crippen LogP contribution is 2.37. The first-order valence-corrected chi connectivity index (χ1v) is 10.3. The number of benzene rings is 2. The van der Waals surface area contributed by atoms with Crippen molar-refractivity contribution >= 4 is 33.5 Å². The van der Waals surface area contributed by atoms with Gasteiger partial charge in [0.2, 0.25) is 0 Å². The number of aliphatic carboxylic acids is 1. The average molecular weight is 489 g/mol. The SMILES string of the molecule is COc1cc(CNC(CC(C)C)C(=O)O)cc(Br)c1OCc1c(F)cccc1Cl. The van der Waals surface area contributed by atoms with E-state index in [9.17, 15) is 14.3 Å². The van der Waals surface area contributed by atoms with Gasteiger partial charge in [-0.25, -0.2) is 4.39 Å². The Bertz CT molecular complexity index is 843. The minimum absolute atomic E-state index is 0.0620. The van der Waals surface area contributed by atoms with Crippen LogP contribution in [0.15, 0.2) is 34.8 Å². The average Bonchev–Trinajstić information content (AvgIpc) is 2.65. The standard InChI is InChI=1S/C21H24BrClFNO4/c1-12(2)7-18(21(26)27)25-10-13-8-15(22)20(19(9-13)28-3)29-11-14-16(23)5-4-6-17(14)24/h4-6,8-9,12,18,25H,7,10-11H2,1-3H3,(H,26,27). The van der Waals surface area contributed by atoms with Crippen LogP contribution < -0.4 is 14.8 Å². The molecule has 0 amide bonds. The molecule has 0 fully saturated rings. The lowest BCUT2D eigenvalue weighted by atomic mass is 10.0. The molecule has 0 radical (unpaired) electrons. The smallest absolute Gasteiger partial charge is 0.320 e. The molecule has 0 aliphatic rings. The molecule has 0 saturated carbocycles. The van der Waals surface area contributed by atoms with Gasteiger partial charge in [0.25, 0.3) is 0 Å². The Morgan fingerprint density at radius 1 is 1.34 bits per heavy atom. The molecule has 0 bridgehead atoms. The Balaban J connectivity index is 2.15. The Hall–Kier alpha value is -1.83. The lowest BCUT2D eigenvalue weighted by molar-refractivity contribution is -0.140. The molecular formula is C21H24BrClFNO4. The van der Waals surface area contributed by atoms with E-state index in [1.165, 1.54) is 19.2 Å². The van der Waals surface area contributed by atoms with Crippen molar-refractivity contribution < 1.29 is 23.8 Å². The zero-order valence-corrected chi connectivity index (χ0v) is 18.8. The number of hydrogen-bond acceptors (Lipinski definition) is 4. The number of rotatable bonds is 10. The summed E-state index contributed by atoms with van der Waals surface area (Å²) in [7, 11) is 1.50. The van der Waals surface area contributed by atoms with Crippen LogP contribution in [-0.4, -0.2) is 24.2 Å². The van der Waals surface area contributed by atoms with Crippen molar-refractivity contribution in [3.8, 4) is 11.5 Å². The van der Waals surface area contributed by atoms with Crippen LogP contribution in [0.5, 0.6) is 11.5 Å². The van der Waals surface area contributed by atoms with E-state index in [2.05, 4.69) is 21.2 Å². The van der Waals surface area contributed by atoms with E-state index >= 15 is 0 Å². The summed E-state index contributed by atoms with van der Waals surface area (Å²) in [6, 6.07) is 7.37. The van der Waals surface area contributed by atoms with Gasteiger partial charge in [-0.05, 0) is 58.1 Å². The Kier molecular flexibility index (Phi) is 8.74. The van der Waals surface area contributed by atoms with E-state index in [1.54, 1.807) is 12.1 Å². The summed E-state index contributed by atoms with van der Waals surface area (Å²) in [5.74, 6) is -0.220. The summed E-state index contributed by atoms with van der Waals surface area (Å²) in [5.41, 5.74) is 1.08. The van der Waals surface area contributed by atoms with E-state index in [0.29, 0.717) is 28.9 Å². The molecule has 0 saturated heterocycles. The summed E-state index contributed by atoms with van der Waals surface area (Å²) in [6.07, 6.45) is 0.526. The lowest BCUT2D eigenvalue weighted by Gasteiger charge is -2.18. The molecule has 29 heavy (non-hydrogen) atoms. The second kappa shape index (κ2) is 10.8. The van der Waals surface area contributed by atoms with Crippen LogP contribution in [0.3, 0.4) is 0 Å². The molecule has 0 spiro atoms. The number of carboxylic acids is 1. The fraction of sp³-hybridized carbons (Fsp3) is 0.381. The van der Waals surface area contributed by atoms with Crippen LogP contribution in [0, 0.1) is 11.7 Å². The monoisotopic (exact) mass is 487 g/mol. The van der Waals surface area contributed by atoms with E-state index < -0.39 is 17.8 Å². The normalized spacial score (nSPS) is 12.1. The molecule has 0 aliphatic heterocycles. The highest BCUT2D eigenvalue weighted by atomic mass is 79.9. The largest absolute Gasteiger partial charge is 0.493 e. The van der Waals surface area contributed by atoms with Crippen LogP contribution >= 0.6 is 27.5 Å². The Morgan fingerprint density at radius 3 is 2.66 bits per heavy atom. The lowest BCUT2D eigenvalue weighted by Crippen LogP contribution is -2.37. The van der Waals surface area contributed by atoms with Gasteiger partial charge in [-0.1, -0.05) is 31.5 Å². The van der Waals surface area contributed by atoms with Gasteiger partial charge >= 0.3 is 5.97 Å². The zero-order valence-electron chi connectivity index (χ0n) is 16.5. The number of methoxy groups -OCH3 is 1. The molecule has 0 heterocycles. The summed E-state index contributed by atoms with van der Waals surface area (Å²) in [6.45, 7) is 4.24. The van der Waals surface area contributed by atoms with E-state index in [4.69, 9.17) is 21.1 Å². The van der Waals surface area contributed by atoms with Crippen LogP contribution in [0.25, 0.3) is 0 Å². The Labute approximate surface area is 183 Å². The van der Waals surface area contributed by atoms with Crippen LogP contribution in [0.1, 0.15) is 31.4 Å². The van der Waals surface area contributed by atoms with Crippen molar-refractivity contribution in [1.82, 2.24) is 5.32 Å². The summed E-state index contributed by atoms with van der Waals surface area (Å²) in [4.78, 5) is 11.4. The molecule has 1 unspecified atom stereocenters. The molecule has 8 heteroatoms. The first-order chi connectivity index (χ1) is 13.7. The molecule has 0 aliphatic carbocycles. The number of hydrogen-bond donors (Lipinski definition) is 2. The number of carboxylic acid groups (broad SMARTS) is 1. The molecular weight excluding hydrogens is 465 g/mol. The predicted octanol–water partition coefficient (Wildman–Crippen LogP) is 5.42. The second-order valence-corrected chi connectivity index (χ2v) is 8.26. The van der Waals surface area contributed by atoms with E-state index in [-0.39, 0.29) is 23.1 Å². The highest BCUT2D eigenvalue weighted by molar-refractivity contribution is 9.10. The topological polar surface area (TPSA) is 67.8 Å². The first-order valence-electron chi connectivity index (χ1n) is 9.11. The minimum atomic E-state index is -0.883. The van der Waals surface area contributed by atoms with E-state index in [1.807, 2.05) is 19.9 Å². The maximum Gasteiger partial charge on any atom is 0.320 e. The van der Waals surface area contributed by atoms with Gasteiger partial charge in [0.1, 0.15) is 18.5 Å². The van der Waals surface area contributed by atoms with Gasteiger partial charge in [-0.15, -0.1) is 0 Å². The van der Waals surface area contributed by atoms with Crippen molar-refractivity contribution in [2.45, 2.75) is 39.5 Å². The van der Waals surface area contributed by atoms with Crippen molar-refractivity contribution in [3.05, 3.63) is 56.8 Å². The molecule has 5 nitrogen and oxygen atoms in total. The Morgan fingerprint density at radius 2 is 2.07 bits per heavy atom. The number of halogens is 3. The van der Waals surface area contributed by atoms with Gasteiger partial charge in [-0.3, -0.25) is 4.79 Å². The zero-order chi connectivity index (χ0) is 21.6. The molecule has 1 atom stereocenters. The van der Waals surface area contributed by atoms with Crippen LogP contribution in [-0.2, 0) is 17.9 Å². The third-order valence-electron chi connectivity index (χ3n) is 4.27. The summed E-state index contributed by atoms with van der Waals surface area (Å²) < 4.78 is 25.8. The van der Waals surface area contributed by atoms with Crippen molar-refractivity contribution in [1.29, 1.82) is 0 Å². The molecule has 2 N–H and O–H groups in total. The fourth-order valence-electron chi connectivity index (χ4n) is 2.81. The van der Waals surface area contributed by atoms with Crippen molar-refractivity contribution in [2.24, 2.45) is 5.92 Å². The molecule has 2 rings (SSSR count). The minimum Gasteiger partial charge on any atom is -0.493 e. The number of nitrogens with one attached hydrogen (secondary N) is 1. The third-order valence-corrected chi connectivity index (χ3v) is 5.21. The molecule has 0 aromatic heterocycles. The van der Waals surface area contributed by atoms with Gasteiger partial charge in [0.05, 0.1) is 16.6 Å².